The van der Waals surface area contributed by atoms with Crippen molar-refractivity contribution < 1.29 is 9.90 Å². The number of aryl methyl sites for hydroxylation is 2. The molecule has 0 aromatic heterocycles. The Balaban J connectivity index is 2.30. The van der Waals surface area contributed by atoms with Gasteiger partial charge in [0.15, 0.2) is 0 Å². The summed E-state index contributed by atoms with van der Waals surface area (Å²) >= 11 is 0. The summed E-state index contributed by atoms with van der Waals surface area (Å²) in [7, 11) is 0. The molecule has 92 valence electrons. The second-order valence-corrected chi connectivity index (χ2v) is 4.88. The molecule has 2 nitrogen and oxygen atoms in total. The Bertz CT molecular complexity index is 423. The standard InChI is InChI=1S/C15H20O2/c1-3-10-5-7-13-11(9-10)6-8-14(13)12(4-2)15(16)17/h5,7,9,12,14H,3-4,6,8H2,1-2H3,(H,16,17). The van der Waals surface area contributed by atoms with Crippen LogP contribution in [0.1, 0.15) is 49.3 Å². The molecule has 2 heteroatoms. The Morgan fingerprint density at radius 1 is 1.47 bits per heavy atom. The van der Waals surface area contributed by atoms with E-state index in [1.54, 1.807) is 0 Å². The van der Waals surface area contributed by atoms with Crippen molar-refractivity contribution in [3.05, 3.63) is 34.9 Å². The Morgan fingerprint density at radius 2 is 2.24 bits per heavy atom. The number of benzene rings is 1. The van der Waals surface area contributed by atoms with E-state index in [-0.39, 0.29) is 11.8 Å². The van der Waals surface area contributed by atoms with Crippen LogP contribution in [0.5, 0.6) is 0 Å². The minimum atomic E-state index is -0.648. The first-order valence-corrected chi connectivity index (χ1v) is 6.51. The van der Waals surface area contributed by atoms with Gasteiger partial charge in [-0.2, -0.15) is 0 Å². The lowest BCUT2D eigenvalue weighted by molar-refractivity contribution is -0.142. The second-order valence-electron chi connectivity index (χ2n) is 4.88. The van der Waals surface area contributed by atoms with Crippen LogP contribution in [-0.4, -0.2) is 11.1 Å². The van der Waals surface area contributed by atoms with Gasteiger partial charge in [0.25, 0.3) is 0 Å². The summed E-state index contributed by atoms with van der Waals surface area (Å²) in [5.41, 5.74) is 4.00. The highest BCUT2D eigenvalue weighted by atomic mass is 16.4. The number of hydrogen-bond donors (Lipinski definition) is 1. The van der Waals surface area contributed by atoms with Crippen LogP contribution < -0.4 is 0 Å². The Morgan fingerprint density at radius 3 is 2.82 bits per heavy atom. The number of rotatable bonds is 4. The number of carboxylic acid groups (broad SMARTS) is 1. The van der Waals surface area contributed by atoms with Gasteiger partial charge in [-0.15, -0.1) is 0 Å². The number of aliphatic carboxylic acids is 1. The van der Waals surface area contributed by atoms with Gasteiger partial charge in [-0.3, -0.25) is 4.79 Å². The van der Waals surface area contributed by atoms with E-state index in [0.717, 1.165) is 25.7 Å². The molecule has 0 aliphatic heterocycles. The lowest BCUT2D eigenvalue weighted by Crippen LogP contribution is -2.19. The van der Waals surface area contributed by atoms with Gasteiger partial charge in [0, 0.05) is 0 Å². The van der Waals surface area contributed by atoms with Crippen LogP contribution in [0.2, 0.25) is 0 Å². The topological polar surface area (TPSA) is 37.3 Å². The average Bonchev–Trinajstić information content (AvgIpc) is 2.73. The minimum Gasteiger partial charge on any atom is -0.481 e. The third-order valence-electron chi connectivity index (χ3n) is 3.98. The number of carbonyl (C=O) groups is 1. The SMILES string of the molecule is CCc1ccc2c(c1)CCC2C(CC)C(=O)O. The van der Waals surface area contributed by atoms with Crippen LogP contribution in [0.15, 0.2) is 18.2 Å². The van der Waals surface area contributed by atoms with Crippen LogP contribution in [0, 0.1) is 5.92 Å². The van der Waals surface area contributed by atoms with Crippen molar-refractivity contribution in [2.45, 2.75) is 45.4 Å². The van der Waals surface area contributed by atoms with Crippen LogP contribution >= 0.6 is 0 Å². The molecule has 2 atom stereocenters. The predicted molar refractivity (Wildman–Crippen MR) is 68.3 cm³/mol. The molecular weight excluding hydrogens is 212 g/mol. The quantitative estimate of drug-likeness (QED) is 0.864. The molecule has 17 heavy (non-hydrogen) atoms. The van der Waals surface area contributed by atoms with Gasteiger partial charge < -0.3 is 5.11 Å². The van der Waals surface area contributed by atoms with E-state index in [4.69, 9.17) is 0 Å². The molecule has 0 spiro atoms. The largest absolute Gasteiger partial charge is 0.481 e. The monoisotopic (exact) mass is 232 g/mol. The molecule has 0 radical (unpaired) electrons. The van der Waals surface area contributed by atoms with Crippen molar-refractivity contribution >= 4 is 5.97 Å². The summed E-state index contributed by atoms with van der Waals surface area (Å²) in [6.45, 7) is 4.12. The summed E-state index contributed by atoms with van der Waals surface area (Å²) in [6, 6.07) is 6.55. The molecule has 1 N–H and O–H groups in total. The van der Waals surface area contributed by atoms with Gasteiger partial charge >= 0.3 is 5.97 Å². The fourth-order valence-electron chi connectivity index (χ4n) is 2.97. The molecule has 2 unspecified atom stereocenters. The van der Waals surface area contributed by atoms with Gasteiger partial charge in [-0.25, -0.2) is 0 Å². The van der Waals surface area contributed by atoms with E-state index in [9.17, 15) is 9.90 Å². The van der Waals surface area contributed by atoms with Gasteiger partial charge in [0.2, 0.25) is 0 Å². The predicted octanol–water partition coefficient (Wildman–Crippen LogP) is 3.39. The smallest absolute Gasteiger partial charge is 0.307 e. The molecule has 0 amide bonds. The lowest BCUT2D eigenvalue weighted by atomic mass is 9.85. The highest BCUT2D eigenvalue weighted by molar-refractivity contribution is 5.71. The summed E-state index contributed by atoms with van der Waals surface area (Å²) < 4.78 is 0. The van der Waals surface area contributed by atoms with E-state index in [2.05, 4.69) is 25.1 Å². The molecule has 0 saturated heterocycles. The molecule has 1 aromatic carbocycles. The fourth-order valence-corrected chi connectivity index (χ4v) is 2.97. The average molecular weight is 232 g/mol. The molecular formula is C15H20O2. The normalized spacial score (nSPS) is 20.0. The molecule has 1 aromatic rings. The van der Waals surface area contributed by atoms with E-state index in [1.807, 2.05) is 6.92 Å². The highest BCUT2D eigenvalue weighted by Crippen LogP contribution is 2.40. The third-order valence-corrected chi connectivity index (χ3v) is 3.98. The van der Waals surface area contributed by atoms with E-state index < -0.39 is 5.97 Å². The molecule has 0 saturated carbocycles. The van der Waals surface area contributed by atoms with E-state index in [0.29, 0.717) is 0 Å². The summed E-state index contributed by atoms with van der Waals surface area (Å²) in [5.74, 6) is -0.646. The zero-order valence-electron chi connectivity index (χ0n) is 10.6. The van der Waals surface area contributed by atoms with Gasteiger partial charge in [-0.1, -0.05) is 32.0 Å². The van der Waals surface area contributed by atoms with Crippen molar-refractivity contribution in [1.82, 2.24) is 0 Å². The van der Waals surface area contributed by atoms with Crippen molar-refractivity contribution in [2.24, 2.45) is 5.92 Å². The Hall–Kier alpha value is -1.31. The molecule has 0 heterocycles. The maximum Gasteiger partial charge on any atom is 0.307 e. The van der Waals surface area contributed by atoms with Crippen LogP contribution in [-0.2, 0) is 17.6 Å². The summed E-state index contributed by atoms with van der Waals surface area (Å²) in [5, 5.41) is 9.26. The number of fused-ring (bicyclic) bond motifs is 1. The maximum atomic E-state index is 11.3. The zero-order valence-corrected chi connectivity index (χ0v) is 10.6. The minimum absolute atomic E-state index is 0.219. The highest BCUT2D eigenvalue weighted by Gasteiger charge is 2.32. The fraction of sp³-hybridized carbons (Fsp3) is 0.533. The summed E-state index contributed by atoms with van der Waals surface area (Å²) in [6.07, 6.45) is 3.80. The second kappa shape index (κ2) is 4.91. The third kappa shape index (κ3) is 2.21. The first kappa shape index (κ1) is 12.2. The van der Waals surface area contributed by atoms with Gasteiger partial charge in [0.05, 0.1) is 5.92 Å². The number of carboxylic acids is 1. The molecule has 1 aliphatic carbocycles. The molecule has 0 fully saturated rings. The van der Waals surface area contributed by atoms with Crippen LogP contribution in [0.4, 0.5) is 0 Å². The molecule has 1 aliphatic rings. The zero-order chi connectivity index (χ0) is 12.4. The molecule has 2 rings (SSSR count). The Kier molecular flexibility index (Phi) is 3.51. The summed E-state index contributed by atoms with van der Waals surface area (Å²) in [4.78, 5) is 11.3. The first-order chi connectivity index (χ1) is 8.17. The lowest BCUT2D eigenvalue weighted by Gasteiger charge is -2.19. The van der Waals surface area contributed by atoms with Crippen molar-refractivity contribution in [3.8, 4) is 0 Å². The van der Waals surface area contributed by atoms with Crippen LogP contribution in [0.25, 0.3) is 0 Å². The van der Waals surface area contributed by atoms with E-state index >= 15 is 0 Å². The van der Waals surface area contributed by atoms with Crippen molar-refractivity contribution in [2.75, 3.05) is 0 Å². The van der Waals surface area contributed by atoms with Crippen LogP contribution in [0.3, 0.4) is 0 Å². The van der Waals surface area contributed by atoms with Crippen molar-refractivity contribution in [3.63, 3.8) is 0 Å². The molecule has 0 bridgehead atoms. The van der Waals surface area contributed by atoms with Gasteiger partial charge in [-0.05, 0) is 48.3 Å². The van der Waals surface area contributed by atoms with Gasteiger partial charge in [0.1, 0.15) is 0 Å². The van der Waals surface area contributed by atoms with E-state index in [1.165, 1.54) is 16.7 Å². The first-order valence-electron chi connectivity index (χ1n) is 6.51. The number of hydrogen-bond acceptors (Lipinski definition) is 1. The Labute approximate surface area is 103 Å². The van der Waals surface area contributed by atoms with Crippen molar-refractivity contribution in [1.29, 1.82) is 0 Å². The maximum absolute atomic E-state index is 11.3.